The molecule has 1 aliphatic carbocycles. The summed E-state index contributed by atoms with van der Waals surface area (Å²) in [4.78, 5) is 30.4. The lowest BCUT2D eigenvalue weighted by Gasteiger charge is -2.40. The fourth-order valence-corrected chi connectivity index (χ4v) is 6.93. The molecule has 2 aliphatic rings. The number of urea groups is 1. The average molecular weight is 640 g/mol. The summed E-state index contributed by atoms with van der Waals surface area (Å²) >= 11 is 5.53. The number of hydrogen-bond acceptors (Lipinski definition) is 4. The number of amides is 3. The van der Waals surface area contributed by atoms with Crippen LogP contribution in [0.1, 0.15) is 13.3 Å². The van der Waals surface area contributed by atoms with Crippen LogP contribution in [0.2, 0.25) is 0 Å². The first kappa shape index (κ1) is 25.9. The number of nitrogens with one attached hydrogen (secondary N) is 2. The molecular weight excluding hydrogens is 613 g/mol. The zero-order valence-corrected chi connectivity index (χ0v) is 23.9. The van der Waals surface area contributed by atoms with Crippen molar-refractivity contribution in [3.8, 4) is 0 Å². The van der Waals surface area contributed by atoms with Gasteiger partial charge in [-0.2, -0.15) is 0 Å². The van der Waals surface area contributed by atoms with E-state index < -0.39 is 0 Å². The van der Waals surface area contributed by atoms with Crippen molar-refractivity contribution < 1.29 is 9.59 Å². The first-order valence-corrected chi connectivity index (χ1v) is 14.9. The Kier molecular flexibility index (Phi) is 8.26. The molecular formula is C29H26IN3O2S2. The van der Waals surface area contributed by atoms with Crippen LogP contribution in [-0.4, -0.2) is 28.5 Å². The van der Waals surface area contributed by atoms with E-state index >= 15 is 0 Å². The summed E-state index contributed by atoms with van der Waals surface area (Å²) < 4.78 is 1.12. The summed E-state index contributed by atoms with van der Waals surface area (Å²) in [6, 6.07) is 23.2. The Morgan fingerprint density at radius 3 is 2.57 bits per heavy atom. The van der Waals surface area contributed by atoms with Gasteiger partial charge < -0.3 is 10.6 Å². The number of benzene rings is 3. The van der Waals surface area contributed by atoms with Gasteiger partial charge in [0.25, 0.3) is 0 Å². The molecule has 0 saturated heterocycles. The number of halogens is 1. The SMILES string of the molecule is CCC(Sc1cccc(NC(=O)N2c3ccccc3SC3C=CC=CC32)c1)C(=O)Nc1ccc(I)cc1. The van der Waals surface area contributed by atoms with Gasteiger partial charge in [-0.05, 0) is 83.6 Å². The number of hydrogen-bond donors (Lipinski definition) is 2. The van der Waals surface area contributed by atoms with E-state index in [9.17, 15) is 9.59 Å². The molecule has 3 aromatic rings. The predicted octanol–water partition coefficient (Wildman–Crippen LogP) is 7.81. The van der Waals surface area contributed by atoms with Gasteiger partial charge in [-0.15, -0.1) is 23.5 Å². The molecule has 1 heterocycles. The number of carbonyl (C=O) groups excluding carboxylic acids is 2. The maximum Gasteiger partial charge on any atom is 0.326 e. The van der Waals surface area contributed by atoms with Crippen molar-refractivity contribution in [2.45, 2.75) is 39.7 Å². The van der Waals surface area contributed by atoms with Crippen molar-refractivity contribution >= 4 is 75.1 Å². The number of allylic oxidation sites excluding steroid dienone is 2. The molecule has 3 unspecified atom stereocenters. The van der Waals surface area contributed by atoms with Gasteiger partial charge in [0, 0.05) is 24.7 Å². The summed E-state index contributed by atoms with van der Waals surface area (Å²) in [5.74, 6) is -0.0336. The first-order chi connectivity index (χ1) is 18.0. The van der Waals surface area contributed by atoms with Crippen molar-refractivity contribution in [1.82, 2.24) is 0 Å². The minimum Gasteiger partial charge on any atom is -0.325 e. The van der Waals surface area contributed by atoms with E-state index in [1.165, 1.54) is 11.8 Å². The molecule has 3 atom stereocenters. The molecule has 0 aromatic heterocycles. The van der Waals surface area contributed by atoms with Crippen LogP contribution in [0.4, 0.5) is 21.9 Å². The van der Waals surface area contributed by atoms with E-state index in [4.69, 9.17) is 0 Å². The summed E-state index contributed by atoms with van der Waals surface area (Å²) in [7, 11) is 0. The Hall–Kier alpha value is -2.69. The lowest BCUT2D eigenvalue weighted by atomic mass is 10.1. The van der Waals surface area contributed by atoms with E-state index in [-0.39, 0.29) is 28.5 Å². The van der Waals surface area contributed by atoms with Crippen LogP contribution in [-0.2, 0) is 4.79 Å². The third kappa shape index (κ3) is 6.08. The van der Waals surface area contributed by atoms with Gasteiger partial charge in [0.1, 0.15) is 0 Å². The number of fused-ring (bicyclic) bond motifs is 2. The van der Waals surface area contributed by atoms with Gasteiger partial charge in [0.05, 0.1) is 22.2 Å². The van der Waals surface area contributed by atoms with Gasteiger partial charge in [0.2, 0.25) is 5.91 Å². The topological polar surface area (TPSA) is 61.4 Å². The van der Waals surface area contributed by atoms with Crippen LogP contribution in [0.3, 0.4) is 0 Å². The van der Waals surface area contributed by atoms with Crippen LogP contribution >= 0.6 is 46.1 Å². The fraction of sp³-hybridized carbons (Fsp3) is 0.172. The van der Waals surface area contributed by atoms with Crippen LogP contribution < -0.4 is 15.5 Å². The number of carbonyl (C=O) groups is 2. The molecule has 0 bridgehead atoms. The second-order valence-electron chi connectivity index (χ2n) is 8.65. The number of thioether (sulfide) groups is 2. The largest absolute Gasteiger partial charge is 0.326 e. The molecule has 2 N–H and O–H groups in total. The Morgan fingerprint density at radius 2 is 1.76 bits per heavy atom. The zero-order valence-electron chi connectivity index (χ0n) is 20.1. The van der Waals surface area contributed by atoms with Gasteiger partial charge in [-0.1, -0.05) is 49.4 Å². The average Bonchev–Trinajstić information content (AvgIpc) is 2.91. The molecule has 0 fully saturated rings. The highest BCUT2D eigenvalue weighted by atomic mass is 127. The van der Waals surface area contributed by atoms with Gasteiger partial charge in [0.15, 0.2) is 0 Å². The first-order valence-electron chi connectivity index (χ1n) is 12.1. The molecule has 1 aliphatic heterocycles. The maximum absolute atomic E-state index is 13.6. The Labute approximate surface area is 239 Å². The Bertz CT molecular complexity index is 1360. The predicted molar refractivity (Wildman–Crippen MR) is 164 cm³/mol. The molecule has 5 rings (SSSR count). The summed E-state index contributed by atoms with van der Waals surface area (Å²) in [5, 5.41) is 6.03. The van der Waals surface area contributed by atoms with Crippen molar-refractivity contribution in [2.24, 2.45) is 0 Å². The van der Waals surface area contributed by atoms with Crippen LogP contribution in [0, 0.1) is 3.57 Å². The summed E-state index contributed by atoms with van der Waals surface area (Å²) in [6.45, 7) is 2.01. The van der Waals surface area contributed by atoms with Crippen molar-refractivity contribution in [1.29, 1.82) is 0 Å². The number of anilines is 3. The molecule has 37 heavy (non-hydrogen) atoms. The third-order valence-corrected chi connectivity index (χ3v) is 9.48. The molecule has 0 spiro atoms. The fourth-order valence-electron chi connectivity index (χ4n) is 4.30. The smallest absolute Gasteiger partial charge is 0.325 e. The van der Waals surface area contributed by atoms with E-state index in [1.54, 1.807) is 11.8 Å². The molecule has 3 aromatic carbocycles. The maximum atomic E-state index is 13.6. The second-order valence-corrected chi connectivity index (χ2v) is 12.4. The van der Waals surface area contributed by atoms with E-state index in [0.29, 0.717) is 12.1 Å². The number of nitrogens with zero attached hydrogens (tertiary/aromatic N) is 1. The minimum absolute atomic E-state index is 0.0336. The van der Waals surface area contributed by atoms with E-state index in [2.05, 4.69) is 51.4 Å². The molecule has 188 valence electrons. The molecule has 3 amide bonds. The van der Waals surface area contributed by atoms with Crippen molar-refractivity contribution in [3.05, 3.63) is 101 Å². The van der Waals surface area contributed by atoms with Crippen LogP contribution in [0.25, 0.3) is 0 Å². The normalized spacial score (nSPS) is 18.5. The number of para-hydroxylation sites is 1. The quantitative estimate of drug-likeness (QED) is 0.214. The second kappa shape index (κ2) is 11.8. The lowest BCUT2D eigenvalue weighted by molar-refractivity contribution is -0.115. The van der Waals surface area contributed by atoms with Gasteiger partial charge in [-0.25, -0.2) is 4.79 Å². The molecule has 0 saturated carbocycles. The highest BCUT2D eigenvalue weighted by Crippen LogP contribution is 2.43. The van der Waals surface area contributed by atoms with Gasteiger partial charge in [-0.3, -0.25) is 9.69 Å². The highest BCUT2D eigenvalue weighted by molar-refractivity contribution is 14.1. The zero-order chi connectivity index (χ0) is 25.8. The monoisotopic (exact) mass is 639 g/mol. The third-order valence-electron chi connectivity index (χ3n) is 6.10. The van der Waals surface area contributed by atoms with E-state index in [1.807, 2.05) is 90.7 Å². The van der Waals surface area contributed by atoms with E-state index in [0.717, 1.165) is 24.7 Å². The van der Waals surface area contributed by atoms with Gasteiger partial charge >= 0.3 is 6.03 Å². The van der Waals surface area contributed by atoms with Crippen molar-refractivity contribution in [2.75, 3.05) is 15.5 Å². The Morgan fingerprint density at radius 1 is 0.973 bits per heavy atom. The van der Waals surface area contributed by atoms with Crippen LogP contribution in [0.15, 0.2) is 107 Å². The molecule has 0 radical (unpaired) electrons. The highest BCUT2D eigenvalue weighted by Gasteiger charge is 2.36. The summed E-state index contributed by atoms with van der Waals surface area (Å²) in [5.41, 5.74) is 2.40. The minimum atomic E-state index is -0.254. The van der Waals surface area contributed by atoms with Crippen molar-refractivity contribution in [3.63, 3.8) is 0 Å². The standard InChI is InChI=1S/C29H26IN3O2S2/c1-2-25(28(34)31-20-16-14-19(30)15-17-20)36-22-9-7-8-21(18-22)32-29(35)33-23-10-3-5-12-26(23)37-27-13-6-4-11-24(27)33/h3-18,23,25-26H,2H2,1H3,(H,31,34)(H,32,35). The summed E-state index contributed by atoms with van der Waals surface area (Å²) in [6.07, 6.45) is 8.95. The molecule has 8 heteroatoms. The molecule has 5 nitrogen and oxygen atoms in total. The Balaban J connectivity index is 1.30. The number of rotatable bonds is 6. The van der Waals surface area contributed by atoms with Crippen LogP contribution in [0.5, 0.6) is 0 Å². The lowest BCUT2D eigenvalue weighted by Crippen LogP contribution is -2.49.